The minimum Gasteiger partial charge on any atom is -0.370 e. The van der Waals surface area contributed by atoms with Gasteiger partial charge in [0, 0.05) is 18.8 Å². The molecular weight excluding hydrogens is 278 g/mol. The van der Waals surface area contributed by atoms with Gasteiger partial charge in [-0.15, -0.1) is 11.6 Å². The summed E-state index contributed by atoms with van der Waals surface area (Å²) < 4.78 is 0. The van der Waals surface area contributed by atoms with E-state index in [1.54, 1.807) is 0 Å². The average Bonchev–Trinajstić information content (AvgIpc) is 3.00. The maximum atomic E-state index is 6.69. The lowest BCUT2D eigenvalue weighted by atomic mass is 10.0. The van der Waals surface area contributed by atoms with Gasteiger partial charge in [0.2, 0.25) is 0 Å². The average molecular weight is 300 g/mol. The second-order valence-electron chi connectivity index (χ2n) is 5.72. The molecule has 1 aliphatic rings. The number of para-hydroxylation sites is 1. The molecule has 1 nitrogen and oxygen atoms in total. The van der Waals surface area contributed by atoms with Crippen molar-refractivity contribution in [2.75, 3.05) is 18.0 Å². The summed E-state index contributed by atoms with van der Waals surface area (Å²) in [5.41, 5.74) is 5.51. The first kappa shape index (κ1) is 14.5. The Balaban J connectivity index is 1.74. The Morgan fingerprint density at radius 1 is 1.05 bits per heavy atom. The van der Waals surface area contributed by atoms with Crippen LogP contribution in [0.1, 0.15) is 35.4 Å². The van der Waals surface area contributed by atoms with Crippen molar-refractivity contribution >= 4 is 17.3 Å². The molecule has 0 heterocycles. The monoisotopic (exact) mass is 299 g/mol. The Kier molecular flexibility index (Phi) is 4.50. The summed E-state index contributed by atoms with van der Waals surface area (Å²) in [5, 5.41) is 0.0380. The molecule has 0 fully saturated rings. The maximum Gasteiger partial charge on any atom is 0.0760 e. The van der Waals surface area contributed by atoms with E-state index in [9.17, 15) is 0 Å². The first-order valence-electron chi connectivity index (χ1n) is 7.83. The number of aryl methyl sites for hydroxylation is 2. The highest BCUT2D eigenvalue weighted by atomic mass is 35.5. The molecule has 2 aromatic rings. The molecule has 0 spiro atoms. The highest BCUT2D eigenvalue weighted by Crippen LogP contribution is 2.29. The minimum absolute atomic E-state index is 0.0380. The van der Waals surface area contributed by atoms with E-state index in [2.05, 4.69) is 60.4 Å². The molecule has 0 N–H and O–H groups in total. The predicted molar refractivity (Wildman–Crippen MR) is 91.4 cm³/mol. The number of hydrogen-bond donors (Lipinski definition) is 0. The molecule has 0 bridgehead atoms. The van der Waals surface area contributed by atoms with Gasteiger partial charge < -0.3 is 4.90 Å². The molecule has 0 saturated heterocycles. The largest absolute Gasteiger partial charge is 0.370 e. The number of benzene rings is 2. The molecule has 1 atom stereocenters. The number of alkyl halides is 1. The molecule has 3 rings (SSSR count). The van der Waals surface area contributed by atoms with Gasteiger partial charge in [0.25, 0.3) is 0 Å². The molecule has 2 heteroatoms. The Morgan fingerprint density at radius 2 is 1.81 bits per heavy atom. The fraction of sp³-hybridized carbons (Fsp3) is 0.368. The molecule has 21 heavy (non-hydrogen) atoms. The van der Waals surface area contributed by atoms with E-state index in [1.165, 1.54) is 41.6 Å². The van der Waals surface area contributed by atoms with Crippen LogP contribution in [-0.4, -0.2) is 13.1 Å². The molecule has 0 aliphatic heterocycles. The smallest absolute Gasteiger partial charge is 0.0760 e. The van der Waals surface area contributed by atoms with Crippen LogP contribution in [0.15, 0.2) is 48.5 Å². The van der Waals surface area contributed by atoms with Crippen LogP contribution < -0.4 is 4.90 Å². The van der Waals surface area contributed by atoms with E-state index in [-0.39, 0.29) is 5.38 Å². The quantitative estimate of drug-likeness (QED) is 0.704. The summed E-state index contributed by atoms with van der Waals surface area (Å²) in [6.45, 7) is 4.00. The van der Waals surface area contributed by atoms with E-state index in [0.717, 1.165) is 13.1 Å². The maximum absolute atomic E-state index is 6.69. The van der Waals surface area contributed by atoms with Crippen LogP contribution in [-0.2, 0) is 12.8 Å². The third-order valence-electron chi connectivity index (χ3n) is 4.37. The second-order valence-corrected chi connectivity index (χ2v) is 6.25. The van der Waals surface area contributed by atoms with Crippen LogP contribution >= 0.6 is 11.6 Å². The zero-order chi connectivity index (χ0) is 14.7. The van der Waals surface area contributed by atoms with Crippen LogP contribution in [0.4, 0.5) is 5.69 Å². The van der Waals surface area contributed by atoms with E-state index < -0.39 is 0 Å². The normalized spacial score (nSPS) is 14.8. The zero-order valence-electron chi connectivity index (χ0n) is 12.6. The molecule has 0 amide bonds. The molecular formula is C19H22ClN. The summed E-state index contributed by atoms with van der Waals surface area (Å²) in [7, 11) is 0. The number of nitrogens with zero attached hydrogens (tertiary/aromatic N) is 1. The highest BCUT2D eigenvalue weighted by molar-refractivity contribution is 6.21. The number of fused-ring (bicyclic) bond motifs is 1. The van der Waals surface area contributed by atoms with E-state index >= 15 is 0 Å². The van der Waals surface area contributed by atoms with Crippen LogP contribution in [0.2, 0.25) is 0 Å². The van der Waals surface area contributed by atoms with Crippen molar-refractivity contribution in [3.63, 3.8) is 0 Å². The lowest BCUT2D eigenvalue weighted by Crippen LogP contribution is -2.26. The van der Waals surface area contributed by atoms with Crippen LogP contribution in [0, 0.1) is 0 Å². The molecule has 2 aromatic carbocycles. The van der Waals surface area contributed by atoms with Crippen molar-refractivity contribution in [1.29, 1.82) is 0 Å². The molecule has 0 radical (unpaired) electrons. The molecule has 1 unspecified atom stereocenters. The first-order chi connectivity index (χ1) is 10.3. The lowest BCUT2D eigenvalue weighted by molar-refractivity contribution is 0.790. The standard InChI is InChI=1S/C19H22ClN/c1-2-21(18-9-4-3-5-10-18)14-19(20)17-12-11-15-7-6-8-16(15)13-17/h3-5,9-13,19H,2,6-8,14H2,1H3. The summed E-state index contributed by atoms with van der Waals surface area (Å²) in [4.78, 5) is 2.34. The number of hydrogen-bond acceptors (Lipinski definition) is 1. The van der Waals surface area contributed by atoms with Crippen LogP contribution in [0.5, 0.6) is 0 Å². The molecule has 1 aliphatic carbocycles. The van der Waals surface area contributed by atoms with Gasteiger partial charge in [-0.3, -0.25) is 0 Å². The van der Waals surface area contributed by atoms with E-state index in [4.69, 9.17) is 11.6 Å². The third kappa shape index (κ3) is 3.24. The van der Waals surface area contributed by atoms with Gasteiger partial charge in [-0.25, -0.2) is 0 Å². The molecule has 0 aromatic heterocycles. The SMILES string of the molecule is CCN(CC(Cl)c1ccc2c(c1)CCC2)c1ccccc1. The fourth-order valence-electron chi connectivity index (χ4n) is 3.14. The fourth-order valence-corrected chi connectivity index (χ4v) is 3.44. The van der Waals surface area contributed by atoms with Gasteiger partial charge in [-0.1, -0.05) is 36.4 Å². The number of anilines is 1. The summed E-state index contributed by atoms with van der Waals surface area (Å²) in [5.74, 6) is 0. The van der Waals surface area contributed by atoms with E-state index in [1.807, 2.05) is 0 Å². The zero-order valence-corrected chi connectivity index (χ0v) is 13.3. The van der Waals surface area contributed by atoms with Crippen molar-refractivity contribution < 1.29 is 0 Å². The van der Waals surface area contributed by atoms with Gasteiger partial charge in [-0.05, 0) is 55.0 Å². The third-order valence-corrected chi connectivity index (χ3v) is 4.76. The predicted octanol–water partition coefficient (Wildman–Crippen LogP) is 4.98. The number of likely N-dealkylation sites (N-methyl/N-ethyl adjacent to an activating group) is 1. The second kappa shape index (κ2) is 6.53. The topological polar surface area (TPSA) is 3.24 Å². The summed E-state index contributed by atoms with van der Waals surface area (Å²) in [6, 6.07) is 17.3. The Morgan fingerprint density at radius 3 is 2.57 bits per heavy atom. The van der Waals surface area contributed by atoms with Crippen molar-refractivity contribution in [3.05, 3.63) is 65.2 Å². The number of rotatable bonds is 5. The molecule has 110 valence electrons. The van der Waals surface area contributed by atoms with Crippen molar-refractivity contribution in [3.8, 4) is 0 Å². The van der Waals surface area contributed by atoms with Gasteiger partial charge in [0.1, 0.15) is 0 Å². The van der Waals surface area contributed by atoms with Crippen LogP contribution in [0.3, 0.4) is 0 Å². The van der Waals surface area contributed by atoms with Gasteiger partial charge in [0.15, 0.2) is 0 Å². The van der Waals surface area contributed by atoms with Gasteiger partial charge >= 0.3 is 0 Å². The highest BCUT2D eigenvalue weighted by Gasteiger charge is 2.17. The van der Waals surface area contributed by atoms with Crippen molar-refractivity contribution in [1.82, 2.24) is 0 Å². The summed E-state index contributed by atoms with van der Waals surface area (Å²) in [6.07, 6.45) is 3.73. The van der Waals surface area contributed by atoms with Crippen molar-refractivity contribution in [2.24, 2.45) is 0 Å². The van der Waals surface area contributed by atoms with Crippen molar-refractivity contribution in [2.45, 2.75) is 31.6 Å². The Hall–Kier alpha value is -1.47. The van der Waals surface area contributed by atoms with Crippen LogP contribution in [0.25, 0.3) is 0 Å². The van der Waals surface area contributed by atoms with Gasteiger partial charge in [-0.2, -0.15) is 0 Å². The van der Waals surface area contributed by atoms with E-state index in [0.29, 0.717) is 0 Å². The minimum atomic E-state index is 0.0380. The Labute approximate surface area is 132 Å². The lowest BCUT2D eigenvalue weighted by Gasteiger charge is -2.26. The number of halogens is 1. The summed E-state index contributed by atoms with van der Waals surface area (Å²) >= 11 is 6.69. The van der Waals surface area contributed by atoms with Gasteiger partial charge in [0.05, 0.1) is 5.38 Å². The first-order valence-corrected chi connectivity index (χ1v) is 8.27. The Bertz CT molecular complexity index is 594. The molecule has 0 saturated carbocycles.